The predicted octanol–water partition coefficient (Wildman–Crippen LogP) is 9.98. The van der Waals surface area contributed by atoms with Crippen molar-refractivity contribution in [1.82, 2.24) is 0 Å². The first-order valence-electron chi connectivity index (χ1n) is 14.8. The van der Waals surface area contributed by atoms with Gasteiger partial charge in [-0.05, 0) is 18.6 Å². The molecular formula is C34H50N+. The third-order valence-corrected chi connectivity index (χ3v) is 7.50. The molecular weight excluding hydrogens is 422 g/mol. The van der Waals surface area contributed by atoms with E-state index in [0.717, 1.165) is 6.54 Å². The van der Waals surface area contributed by atoms with Crippen LogP contribution < -0.4 is 4.57 Å². The number of unbranched alkanes of at least 4 members (excludes halogenated alkanes) is 15. The molecule has 0 amide bonds. The van der Waals surface area contributed by atoms with Gasteiger partial charge in [-0.1, -0.05) is 146 Å². The average Bonchev–Trinajstić information content (AvgIpc) is 2.90. The molecule has 1 heteroatoms. The summed E-state index contributed by atoms with van der Waals surface area (Å²) < 4.78 is 2.54. The topological polar surface area (TPSA) is 3.88 Å². The molecule has 0 aliphatic heterocycles. The Hall–Kier alpha value is -2.15. The van der Waals surface area contributed by atoms with Crippen LogP contribution in [0.4, 0.5) is 0 Å². The van der Waals surface area contributed by atoms with E-state index in [1.165, 1.54) is 131 Å². The number of hydrogen-bond acceptors (Lipinski definition) is 0. The fourth-order valence-corrected chi connectivity index (χ4v) is 5.33. The third kappa shape index (κ3) is 10.6. The monoisotopic (exact) mass is 472 g/mol. The number of aryl methyl sites for hydroxylation is 1. The molecule has 0 bridgehead atoms. The molecule has 1 heterocycles. The Morgan fingerprint density at radius 1 is 0.486 bits per heavy atom. The van der Waals surface area contributed by atoms with Crippen LogP contribution in [0.5, 0.6) is 0 Å². The van der Waals surface area contributed by atoms with E-state index in [1.54, 1.807) is 0 Å². The lowest BCUT2D eigenvalue weighted by atomic mass is 10.0. The zero-order valence-electron chi connectivity index (χ0n) is 22.5. The van der Waals surface area contributed by atoms with Crippen molar-refractivity contribution in [3.8, 4) is 0 Å². The van der Waals surface area contributed by atoms with Gasteiger partial charge in [0, 0.05) is 29.5 Å². The van der Waals surface area contributed by atoms with Crippen molar-refractivity contribution in [3.05, 3.63) is 78.0 Å². The zero-order chi connectivity index (χ0) is 24.4. The van der Waals surface area contributed by atoms with Crippen LogP contribution in [0.25, 0.3) is 10.9 Å². The fourth-order valence-electron chi connectivity index (χ4n) is 5.33. The molecule has 1 aromatic heterocycles. The van der Waals surface area contributed by atoms with Gasteiger partial charge in [0.25, 0.3) is 0 Å². The molecule has 1 nitrogen and oxygen atoms in total. The molecule has 0 aliphatic rings. The summed E-state index contributed by atoms with van der Waals surface area (Å²) in [6.45, 7) is 3.25. The first-order valence-corrected chi connectivity index (χ1v) is 14.8. The Morgan fingerprint density at radius 3 is 1.60 bits per heavy atom. The van der Waals surface area contributed by atoms with E-state index in [1.807, 2.05) is 0 Å². The maximum Gasteiger partial charge on any atom is 0.212 e. The van der Waals surface area contributed by atoms with Gasteiger partial charge in [-0.25, -0.2) is 0 Å². The Kier molecular flexibility index (Phi) is 13.6. The number of pyridine rings is 1. The lowest BCUT2D eigenvalue weighted by Gasteiger charge is -2.08. The maximum atomic E-state index is 2.54. The van der Waals surface area contributed by atoms with Gasteiger partial charge >= 0.3 is 0 Å². The van der Waals surface area contributed by atoms with Crippen molar-refractivity contribution in [2.45, 2.75) is 123 Å². The quantitative estimate of drug-likeness (QED) is 0.121. The highest BCUT2D eigenvalue weighted by Crippen LogP contribution is 2.16. The first-order chi connectivity index (χ1) is 17.4. The van der Waals surface area contributed by atoms with Gasteiger partial charge < -0.3 is 0 Å². The van der Waals surface area contributed by atoms with E-state index in [9.17, 15) is 0 Å². The summed E-state index contributed by atoms with van der Waals surface area (Å²) in [5, 5.41) is 1.33. The molecule has 0 saturated carbocycles. The number of hydrogen-bond donors (Lipinski definition) is 0. The number of aromatic nitrogens is 1. The molecule has 0 N–H and O–H groups in total. The number of para-hydroxylation sites is 1. The fraction of sp³-hybridized carbons (Fsp3) is 0.559. The molecule has 0 radical (unpaired) electrons. The van der Waals surface area contributed by atoms with Crippen LogP contribution in [-0.4, -0.2) is 0 Å². The zero-order valence-corrected chi connectivity index (χ0v) is 22.5. The molecule has 190 valence electrons. The van der Waals surface area contributed by atoms with E-state index in [2.05, 4.69) is 78.2 Å². The van der Waals surface area contributed by atoms with Crippen molar-refractivity contribution in [1.29, 1.82) is 0 Å². The van der Waals surface area contributed by atoms with Gasteiger partial charge in [-0.2, -0.15) is 4.57 Å². The number of fused-ring (bicyclic) bond motifs is 1. The second-order valence-corrected chi connectivity index (χ2v) is 10.5. The Labute approximate surface area is 216 Å². The van der Waals surface area contributed by atoms with Gasteiger partial charge in [0.05, 0.1) is 0 Å². The van der Waals surface area contributed by atoms with Crippen molar-refractivity contribution in [3.63, 3.8) is 0 Å². The van der Waals surface area contributed by atoms with E-state index in [4.69, 9.17) is 0 Å². The summed E-state index contributed by atoms with van der Waals surface area (Å²) in [7, 11) is 0. The van der Waals surface area contributed by atoms with Gasteiger partial charge in [0.1, 0.15) is 0 Å². The first kappa shape index (κ1) is 27.4. The highest BCUT2D eigenvalue weighted by Gasteiger charge is 2.15. The van der Waals surface area contributed by atoms with Crippen LogP contribution >= 0.6 is 0 Å². The largest absolute Gasteiger partial charge is 0.212 e. The minimum Gasteiger partial charge on any atom is -0.191 e. The smallest absolute Gasteiger partial charge is 0.191 e. The number of benzene rings is 2. The molecule has 0 fully saturated rings. The van der Waals surface area contributed by atoms with Crippen molar-refractivity contribution in [2.24, 2.45) is 0 Å². The summed E-state index contributed by atoms with van der Waals surface area (Å²) in [5.74, 6) is 0. The van der Waals surface area contributed by atoms with Crippen molar-refractivity contribution >= 4 is 10.9 Å². The second kappa shape index (κ2) is 17.3. The van der Waals surface area contributed by atoms with E-state index in [-0.39, 0.29) is 0 Å². The minimum atomic E-state index is 0.955. The second-order valence-electron chi connectivity index (χ2n) is 10.5. The van der Waals surface area contributed by atoms with Crippen LogP contribution in [0.15, 0.2) is 66.7 Å². The minimum absolute atomic E-state index is 0.955. The van der Waals surface area contributed by atoms with Crippen molar-refractivity contribution < 1.29 is 4.57 Å². The van der Waals surface area contributed by atoms with E-state index >= 15 is 0 Å². The lowest BCUT2D eigenvalue weighted by molar-refractivity contribution is -0.670. The average molecular weight is 473 g/mol. The van der Waals surface area contributed by atoms with E-state index < -0.39 is 0 Å². The van der Waals surface area contributed by atoms with Gasteiger partial charge in [-0.15, -0.1) is 0 Å². The third-order valence-electron chi connectivity index (χ3n) is 7.50. The standard InChI is InChI=1S/C34H50N/c1-2-3-4-5-6-7-8-9-10-11-12-13-14-15-16-20-26-33-29-28-32-25-21-22-27-34(32)35(33)30-31-23-18-17-19-24-31/h17-19,21-25,27-29H,2-16,20,26,30H2,1H3/q+1. The Morgan fingerprint density at radius 2 is 1.00 bits per heavy atom. The SMILES string of the molecule is CCCCCCCCCCCCCCCCCCc1ccc2ccccc2[n+]1Cc1ccccc1. The number of nitrogens with zero attached hydrogens (tertiary/aromatic N) is 1. The summed E-state index contributed by atoms with van der Waals surface area (Å²) >= 11 is 0. The molecule has 0 saturated heterocycles. The van der Waals surface area contributed by atoms with Crippen LogP contribution in [0.1, 0.15) is 121 Å². The van der Waals surface area contributed by atoms with Crippen LogP contribution in [0.3, 0.4) is 0 Å². The van der Waals surface area contributed by atoms with Crippen LogP contribution in [-0.2, 0) is 13.0 Å². The predicted molar refractivity (Wildman–Crippen MR) is 153 cm³/mol. The highest BCUT2D eigenvalue weighted by molar-refractivity contribution is 5.75. The molecule has 35 heavy (non-hydrogen) atoms. The maximum absolute atomic E-state index is 2.54. The summed E-state index contributed by atoms with van der Waals surface area (Å²) in [4.78, 5) is 0. The van der Waals surface area contributed by atoms with Gasteiger partial charge in [0.15, 0.2) is 12.2 Å². The summed E-state index contributed by atoms with van der Waals surface area (Å²) in [5.41, 5.74) is 4.20. The van der Waals surface area contributed by atoms with Gasteiger partial charge in [0.2, 0.25) is 5.52 Å². The summed E-state index contributed by atoms with van der Waals surface area (Å²) in [6, 6.07) is 24.4. The van der Waals surface area contributed by atoms with E-state index in [0.29, 0.717) is 0 Å². The molecule has 0 unspecified atom stereocenters. The Bertz CT molecular complexity index is 930. The number of rotatable bonds is 19. The molecule has 3 aromatic rings. The van der Waals surface area contributed by atoms with Gasteiger partial charge in [-0.3, -0.25) is 0 Å². The molecule has 0 aliphatic carbocycles. The molecule has 0 atom stereocenters. The summed E-state index contributed by atoms with van der Waals surface area (Å²) in [6.07, 6.45) is 24.0. The molecule has 0 spiro atoms. The molecule has 3 rings (SSSR count). The van der Waals surface area contributed by atoms with Crippen molar-refractivity contribution in [2.75, 3.05) is 0 Å². The van der Waals surface area contributed by atoms with Crippen LogP contribution in [0, 0.1) is 0 Å². The normalized spacial score (nSPS) is 11.3. The molecule has 2 aromatic carbocycles. The van der Waals surface area contributed by atoms with Crippen LogP contribution in [0.2, 0.25) is 0 Å². The highest BCUT2D eigenvalue weighted by atomic mass is 15.0. The lowest BCUT2D eigenvalue weighted by Crippen LogP contribution is -2.39. The Balaban J connectivity index is 1.29.